The Morgan fingerprint density at radius 1 is 1.44 bits per heavy atom. The van der Waals surface area contributed by atoms with E-state index in [1.54, 1.807) is 0 Å². The molecule has 0 spiro atoms. The third-order valence-corrected chi connectivity index (χ3v) is 3.06. The Hall–Kier alpha value is -1.49. The topological polar surface area (TPSA) is 69.2 Å². The van der Waals surface area contributed by atoms with Gasteiger partial charge in [-0.05, 0) is 37.3 Å². The number of non-ortho nitro benzene ring substituents is 1. The van der Waals surface area contributed by atoms with E-state index in [2.05, 4.69) is 0 Å². The summed E-state index contributed by atoms with van der Waals surface area (Å²) >= 11 is 0. The van der Waals surface area contributed by atoms with Gasteiger partial charge in [-0.1, -0.05) is 0 Å². The summed E-state index contributed by atoms with van der Waals surface area (Å²) in [6, 6.07) is 3.64. The molecular formula is C11H13FN2O2. The quantitative estimate of drug-likeness (QED) is 0.631. The molecule has 16 heavy (non-hydrogen) atoms. The van der Waals surface area contributed by atoms with Gasteiger partial charge in [0.15, 0.2) is 0 Å². The van der Waals surface area contributed by atoms with Crippen LogP contribution in [0.2, 0.25) is 0 Å². The van der Waals surface area contributed by atoms with Gasteiger partial charge in [0.1, 0.15) is 5.82 Å². The van der Waals surface area contributed by atoms with Gasteiger partial charge in [0, 0.05) is 11.6 Å². The van der Waals surface area contributed by atoms with E-state index in [-0.39, 0.29) is 11.2 Å². The van der Waals surface area contributed by atoms with Crippen LogP contribution in [-0.4, -0.2) is 10.5 Å². The normalized spacial score (nSPS) is 17.9. The first-order valence-corrected chi connectivity index (χ1v) is 5.21. The highest BCUT2D eigenvalue weighted by atomic mass is 19.1. The van der Waals surface area contributed by atoms with E-state index in [1.807, 2.05) is 0 Å². The molecule has 1 aromatic rings. The molecule has 0 atom stereocenters. The number of hydrogen-bond acceptors (Lipinski definition) is 3. The zero-order chi connectivity index (χ0) is 11.8. The molecule has 5 heteroatoms. The molecule has 1 aromatic carbocycles. The third-order valence-electron chi connectivity index (χ3n) is 3.06. The molecule has 0 radical (unpaired) electrons. The van der Waals surface area contributed by atoms with Gasteiger partial charge in [0.2, 0.25) is 0 Å². The Bertz CT molecular complexity index is 430. The molecule has 0 aromatic heterocycles. The molecule has 86 valence electrons. The molecule has 0 unspecified atom stereocenters. The molecular weight excluding hydrogens is 211 g/mol. The lowest BCUT2D eigenvalue weighted by atomic mass is 9.74. The first-order chi connectivity index (χ1) is 7.48. The van der Waals surface area contributed by atoms with E-state index in [4.69, 9.17) is 5.73 Å². The SMILES string of the molecule is NC1(Cc2cc(F)cc([N+](=O)[O-])c2)CCC1. The monoisotopic (exact) mass is 224 g/mol. The van der Waals surface area contributed by atoms with Gasteiger partial charge >= 0.3 is 0 Å². The fraction of sp³-hybridized carbons (Fsp3) is 0.455. The van der Waals surface area contributed by atoms with Crippen molar-refractivity contribution in [1.82, 2.24) is 0 Å². The van der Waals surface area contributed by atoms with Crippen LogP contribution >= 0.6 is 0 Å². The smallest absolute Gasteiger partial charge is 0.272 e. The minimum absolute atomic E-state index is 0.210. The molecule has 0 aliphatic heterocycles. The fourth-order valence-corrected chi connectivity index (χ4v) is 2.06. The maximum atomic E-state index is 13.1. The van der Waals surface area contributed by atoms with E-state index >= 15 is 0 Å². The van der Waals surface area contributed by atoms with Gasteiger partial charge < -0.3 is 5.73 Å². The van der Waals surface area contributed by atoms with Crippen LogP contribution in [0.3, 0.4) is 0 Å². The van der Waals surface area contributed by atoms with E-state index in [1.165, 1.54) is 12.1 Å². The van der Waals surface area contributed by atoms with Crippen molar-refractivity contribution in [2.24, 2.45) is 5.73 Å². The average Bonchev–Trinajstić information content (AvgIpc) is 2.14. The van der Waals surface area contributed by atoms with E-state index in [0.717, 1.165) is 25.3 Å². The van der Waals surface area contributed by atoms with Crippen LogP contribution in [0.5, 0.6) is 0 Å². The average molecular weight is 224 g/mol. The lowest BCUT2D eigenvalue weighted by Crippen LogP contribution is -2.48. The van der Waals surface area contributed by atoms with Crippen LogP contribution in [0.25, 0.3) is 0 Å². The predicted octanol–water partition coefficient (Wildman–Crippen LogP) is 2.16. The van der Waals surface area contributed by atoms with Crippen molar-refractivity contribution >= 4 is 5.69 Å². The van der Waals surface area contributed by atoms with Gasteiger partial charge in [-0.15, -0.1) is 0 Å². The lowest BCUT2D eigenvalue weighted by molar-refractivity contribution is -0.385. The molecule has 0 amide bonds. The minimum Gasteiger partial charge on any atom is -0.325 e. The molecule has 0 saturated heterocycles. The van der Waals surface area contributed by atoms with Gasteiger partial charge in [0.25, 0.3) is 5.69 Å². The van der Waals surface area contributed by atoms with Crippen LogP contribution in [0.4, 0.5) is 10.1 Å². The number of nitrogens with two attached hydrogens (primary N) is 1. The number of nitrogens with zero attached hydrogens (tertiary/aromatic N) is 1. The van der Waals surface area contributed by atoms with Crippen molar-refractivity contribution in [3.05, 3.63) is 39.7 Å². The molecule has 0 heterocycles. The number of benzene rings is 1. The summed E-state index contributed by atoms with van der Waals surface area (Å²) in [6.07, 6.45) is 3.38. The summed E-state index contributed by atoms with van der Waals surface area (Å²) in [7, 11) is 0. The number of rotatable bonds is 3. The Morgan fingerprint density at radius 2 is 2.12 bits per heavy atom. The first-order valence-electron chi connectivity index (χ1n) is 5.21. The number of nitro groups is 1. The second kappa shape index (κ2) is 3.83. The molecule has 2 rings (SSSR count). The van der Waals surface area contributed by atoms with Gasteiger partial charge in [-0.2, -0.15) is 0 Å². The summed E-state index contributed by atoms with van der Waals surface area (Å²) < 4.78 is 13.1. The van der Waals surface area contributed by atoms with Crippen LogP contribution in [-0.2, 0) is 6.42 Å². The summed E-state index contributed by atoms with van der Waals surface area (Å²) in [5, 5.41) is 10.6. The number of nitro benzene ring substituents is 1. The Kier molecular flexibility index (Phi) is 2.63. The molecule has 1 saturated carbocycles. The summed E-state index contributed by atoms with van der Waals surface area (Å²) in [5.41, 5.74) is 6.12. The van der Waals surface area contributed by atoms with E-state index in [0.29, 0.717) is 12.0 Å². The fourth-order valence-electron chi connectivity index (χ4n) is 2.06. The van der Waals surface area contributed by atoms with Gasteiger partial charge in [-0.25, -0.2) is 4.39 Å². The second-order valence-corrected chi connectivity index (χ2v) is 4.47. The summed E-state index contributed by atoms with van der Waals surface area (Å²) in [4.78, 5) is 9.98. The van der Waals surface area contributed by atoms with E-state index < -0.39 is 10.7 Å². The lowest BCUT2D eigenvalue weighted by Gasteiger charge is -2.38. The standard InChI is InChI=1S/C11H13FN2O2/c12-9-4-8(5-10(6-9)14(15)16)7-11(13)2-1-3-11/h4-6H,1-3,7,13H2. The molecule has 1 fully saturated rings. The van der Waals surface area contributed by atoms with Crippen molar-refractivity contribution < 1.29 is 9.31 Å². The van der Waals surface area contributed by atoms with Gasteiger partial charge in [-0.3, -0.25) is 10.1 Å². The van der Waals surface area contributed by atoms with Crippen molar-refractivity contribution in [2.75, 3.05) is 0 Å². The van der Waals surface area contributed by atoms with Crippen molar-refractivity contribution in [2.45, 2.75) is 31.2 Å². The highest BCUT2D eigenvalue weighted by molar-refractivity contribution is 5.36. The molecule has 4 nitrogen and oxygen atoms in total. The Morgan fingerprint density at radius 3 is 2.62 bits per heavy atom. The first kappa shape index (κ1) is 11.0. The number of halogens is 1. The Balaban J connectivity index is 2.23. The van der Waals surface area contributed by atoms with E-state index in [9.17, 15) is 14.5 Å². The third kappa shape index (κ3) is 2.19. The molecule has 2 N–H and O–H groups in total. The number of hydrogen-bond donors (Lipinski definition) is 1. The van der Waals surface area contributed by atoms with Crippen LogP contribution in [0, 0.1) is 15.9 Å². The Labute approximate surface area is 92.4 Å². The summed E-state index contributed by atoms with van der Waals surface area (Å²) in [5.74, 6) is -0.577. The minimum atomic E-state index is -0.587. The van der Waals surface area contributed by atoms with Crippen LogP contribution in [0.1, 0.15) is 24.8 Å². The van der Waals surface area contributed by atoms with Crippen molar-refractivity contribution in [1.29, 1.82) is 0 Å². The van der Waals surface area contributed by atoms with Crippen molar-refractivity contribution in [3.8, 4) is 0 Å². The predicted molar refractivity (Wildman–Crippen MR) is 57.5 cm³/mol. The van der Waals surface area contributed by atoms with Crippen LogP contribution in [0.15, 0.2) is 18.2 Å². The highest BCUT2D eigenvalue weighted by Crippen LogP contribution is 2.33. The largest absolute Gasteiger partial charge is 0.325 e. The maximum absolute atomic E-state index is 13.1. The molecule has 1 aliphatic carbocycles. The second-order valence-electron chi connectivity index (χ2n) is 4.47. The maximum Gasteiger partial charge on any atom is 0.272 e. The van der Waals surface area contributed by atoms with Crippen molar-refractivity contribution in [3.63, 3.8) is 0 Å². The van der Waals surface area contributed by atoms with Gasteiger partial charge in [0.05, 0.1) is 11.0 Å². The van der Waals surface area contributed by atoms with Crippen LogP contribution < -0.4 is 5.73 Å². The summed E-state index contributed by atoms with van der Waals surface area (Å²) in [6.45, 7) is 0. The molecule has 0 bridgehead atoms. The molecule has 1 aliphatic rings. The zero-order valence-corrected chi connectivity index (χ0v) is 8.78. The zero-order valence-electron chi connectivity index (χ0n) is 8.78. The highest BCUT2D eigenvalue weighted by Gasteiger charge is 2.32.